The minimum absolute atomic E-state index is 0.162. The lowest BCUT2D eigenvalue weighted by Crippen LogP contribution is -2.40. The monoisotopic (exact) mass is 760 g/mol. The summed E-state index contributed by atoms with van der Waals surface area (Å²) < 4.78 is 30.9. The number of methoxy groups -OCH3 is 2. The third kappa shape index (κ3) is 7.23. The molecule has 9 nitrogen and oxygen atoms in total. The van der Waals surface area contributed by atoms with Gasteiger partial charge in [-0.15, -0.1) is 0 Å². The third-order valence-electron chi connectivity index (χ3n) is 7.26. The molecular weight excluding hydrogens is 731 g/mol. The molecule has 2 heterocycles. The molecule has 1 aliphatic heterocycles. The van der Waals surface area contributed by atoms with E-state index < -0.39 is 12.0 Å². The van der Waals surface area contributed by atoms with Crippen molar-refractivity contribution in [3.05, 3.63) is 111 Å². The first-order valence-electron chi connectivity index (χ1n) is 14.5. The number of allylic oxidation sites excluding steroid dienone is 1. The van der Waals surface area contributed by atoms with Gasteiger partial charge in [0.05, 0.1) is 59.3 Å². The predicted octanol–water partition coefficient (Wildman–Crippen LogP) is 6.86. The number of carbonyl (C=O) groups is 1. The van der Waals surface area contributed by atoms with Crippen LogP contribution in [0.25, 0.3) is 6.08 Å². The lowest BCUT2D eigenvalue weighted by atomic mass is 9.95. The Morgan fingerprint density at radius 2 is 1.70 bits per heavy atom. The Kier molecular flexibility index (Phi) is 11.0. The van der Waals surface area contributed by atoms with Crippen LogP contribution in [0.15, 0.2) is 74.1 Å². The molecule has 0 radical (unpaired) electrons. The second-order valence-electron chi connectivity index (χ2n) is 10.2. The maximum atomic E-state index is 14.2. The van der Waals surface area contributed by atoms with Gasteiger partial charge in [0, 0.05) is 4.47 Å². The van der Waals surface area contributed by atoms with E-state index in [0.29, 0.717) is 70.3 Å². The smallest absolute Gasteiger partial charge is 0.338 e. The molecule has 0 unspecified atom stereocenters. The van der Waals surface area contributed by atoms with Crippen LogP contribution in [0.4, 0.5) is 0 Å². The number of hydrogen-bond donors (Lipinski definition) is 0. The molecule has 5 rings (SSSR count). The van der Waals surface area contributed by atoms with Crippen molar-refractivity contribution in [2.24, 2.45) is 4.99 Å². The van der Waals surface area contributed by atoms with Gasteiger partial charge < -0.3 is 23.7 Å². The zero-order chi connectivity index (χ0) is 33.8. The average molecular weight is 763 g/mol. The van der Waals surface area contributed by atoms with Crippen molar-refractivity contribution in [1.29, 1.82) is 0 Å². The van der Waals surface area contributed by atoms with Crippen molar-refractivity contribution < 1.29 is 28.5 Å². The number of esters is 1. The SMILES string of the molecule is CCOC(=O)C1=C(C)N=c2s/c(=C\c3ccc(OCc4ccc(Cl)c(Cl)c4)c(OCC)c3)c(=O)n2[C@@H]1c1cc(OC)c(OC)cc1Br. The number of benzene rings is 3. The zero-order valence-corrected chi connectivity index (χ0v) is 30.1. The van der Waals surface area contributed by atoms with E-state index in [1.54, 1.807) is 50.3 Å². The maximum Gasteiger partial charge on any atom is 0.338 e. The summed E-state index contributed by atoms with van der Waals surface area (Å²) in [6.07, 6.45) is 1.76. The van der Waals surface area contributed by atoms with Crippen LogP contribution in [0.1, 0.15) is 43.5 Å². The number of thiazole rings is 1. The summed E-state index contributed by atoms with van der Waals surface area (Å²) >= 11 is 17.0. The average Bonchev–Trinajstić information content (AvgIpc) is 3.35. The summed E-state index contributed by atoms with van der Waals surface area (Å²) in [4.78, 5) is 32.6. The van der Waals surface area contributed by atoms with Crippen LogP contribution in [0, 0.1) is 0 Å². The highest BCUT2D eigenvalue weighted by Crippen LogP contribution is 2.41. The van der Waals surface area contributed by atoms with Crippen molar-refractivity contribution in [2.45, 2.75) is 33.4 Å². The fourth-order valence-electron chi connectivity index (χ4n) is 5.11. The van der Waals surface area contributed by atoms with Crippen LogP contribution in [-0.2, 0) is 16.1 Å². The van der Waals surface area contributed by atoms with Crippen molar-refractivity contribution in [3.8, 4) is 23.0 Å². The van der Waals surface area contributed by atoms with E-state index in [2.05, 4.69) is 20.9 Å². The molecule has 0 saturated heterocycles. The predicted molar refractivity (Wildman–Crippen MR) is 186 cm³/mol. The van der Waals surface area contributed by atoms with Gasteiger partial charge in [0.2, 0.25) is 0 Å². The number of fused-ring (bicyclic) bond motifs is 1. The summed E-state index contributed by atoms with van der Waals surface area (Å²) in [5.41, 5.74) is 2.54. The van der Waals surface area contributed by atoms with Crippen LogP contribution in [0.3, 0.4) is 0 Å². The molecule has 3 aromatic carbocycles. The largest absolute Gasteiger partial charge is 0.493 e. The molecule has 1 aliphatic rings. The molecule has 4 aromatic rings. The second-order valence-corrected chi connectivity index (χ2v) is 12.9. The highest BCUT2D eigenvalue weighted by atomic mass is 79.9. The fraction of sp³-hybridized carbons (Fsp3) is 0.265. The molecule has 0 N–H and O–H groups in total. The number of hydrogen-bond acceptors (Lipinski definition) is 9. The van der Waals surface area contributed by atoms with E-state index in [0.717, 1.165) is 5.56 Å². The van der Waals surface area contributed by atoms with E-state index >= 15 is 0 Å². The minimum atomic E-state index is -0.849. The van der Waals surface area contributed by atoms with E-state index in [9.17, 15) is 9.59 Å². The second kappa shape index (κ2) is 15.0. The number of nitrogens with zero attached hydrogens (tertiary/aromatic N) is 2. The molecule has 0 fully saturated rings. The van der Waals surface area contributed by atoms with Crippen LogP contribution in [0.2, 0.25) is 10.0 Å². The molecule has 246 valence electrons. The standard InChI is InChI=1S/C34H31BrCl2N2O7S/c1-6-44-28-13-19(9-11-25(28)46-17-20-8-10-23(36)24(37)12-20)14-29-32(40)39-31(21-15-26(42-4)27(43-5)16-22(21)35)30(33(41)45-7-2)18(3)38-34(39)47-29/h8-16,31H,6-7,17H2,1-5H3/b29-14-/t31-/m1/s1. The Balaban J connectivity index is 1.59. The summed E-state index contributed by atoms with van der Waals surface area (Å²) in [5, 5.41) is 0.912. The first-order chi connectivity index (χ1) is 22.6. The van der Waals surface area contributed by atoms with Gasteiger partial charge in [-0.05, 0) is 79.9 Å². The van der Waals surface area contributed by atoms with E-state index in [1.807, 2.05) is 25.1 Å². The Morgan fingerprint density at radius 3 is 2.38 bits per heavy atom. The number of carbonyl (C=O) groups excluding carboxylic acids is 1. The minimum Gasteiger partial charge on any atom is -0.493 e. The van der Waals surface area contributed by atoms with E-state index in [4.69, 9.17) is 46.9 Å². The first kappa shape index (κ1) is 34.6. The Bertz CT molecular complexity index is 2060. The van der Waals surface area contributed by atoms with Gasteiger partial charge in [-0.3, -0.25) is 9.36 Å². The van der Waals surface area contributed by atoms with Gasteiger partial charge in [0.1, 0.15) is 6.61 Å². The summed E-state index contributed by atoms with van der Waals surface area (Å²) in [5.74, 6) is 1.41. The Hall–Kier alpha value is -3.77. The summed E-state index contributed by atoms with van der Waals surface area (Å²) in [7, 11) is 3.06. The van der Waals surface area contributed by atoms with Gasteiger partial charge >= 0.3 is 5.97 Å². The number of ether oxygens (including phenoxy) is 5. The highest BCUT2D eigenvalue weighted by molar-refractivity contribution is 9.10. The Labute approximate surface area is 293 Å². The molecule has 1 atom stereocenters. The molecule has 0 bridgehead atoms. The fourth-order valence-corrected chi connectivity index (χ4v) is 7.02. The van der Waals surface area contributed by atoms with Gasteiger partial charge in [-0.25, -0.2) is 9.79 Å². The van der Waals surface area contributed by atoms with Gasteiger partial charge in [0.15, 0.2) is 27.8 Å². The molecular formula is C34H31BrCl2N2O7S. The van der Waals surface area contributed by atoms with Gasteiger partial charge in [-0.1, -0.05) is 62.6 Å². The highest BCUT2D eigenvalue weighted by Gasteiger charge is 2.35. The van der Waals surface area contributed by atoms with Crippen molar-refractivity contribution in [3.63, 3.8) is 0 Å². The molecule has 0 spiro atoms. The first-order valence-corrected chi connectivity index (χ1v) is 16.9. The van der Waals surface area contributed by atoms with Gasteiger partial charge in [-0.2, -0.15) is 0 Å². The zero-order valence-electron chi connectivity index (χ0n) is 26.2. The van der Waals surface area contributed by atoms with Crippen molar-refractivity contribution in [2.75, 3.05) is 27.4 Å². The van der Waals surface area contributed by atoms with Crippen LogP contribution in [0.5, 0.6) is 23.0 Å². The molecule has 13 heteroatoms. The molecule has 1 aromatic heterocycles. The quantitative estimate of drug-likeness (QED) is 0.154. The third-order valence-corrected chi connectivity index (χ3v) is 9.67. The lowest BCUT2D eigenvalue weighted by Gasteiger charge is -2.26. The van der Waals surface area contributed by atoms with E-state index in [-0.39, 0.29) is 24.3 Å². The topological polar surface area (TPSA) is 97.6 Å². The maximum absolute atomic E-state index is 14.2. The van der Waals surface area contributed by atoms with E-state index in [1.165, 1.54) is 30.1 Å². The van der Waals surface area contributed by atoms with Crippen molar-refractivity contribution >= 4 is 62.5 Å². The molecule has 47 heavy (non-hydrogen) atoms. The van der Waals surface area contributed by atoms with Crippen LogP contribution >= 0.6 is 50.5 Å². The van der Waals surface area contributed by atoms with Crippen LogP contribution in [-0.4, -0.2) is 38.0 Å². The molecule has 0 aliphatic carbocycles. The molecule has 0 saturated carbocycles. The number of halogens is 3. The summed E-state index contributed by atoms with van der Waals surface area (Å²) in [6.45, 7) is 6.16. The Morgan fingerprint density at radius 1 is 0.957 bits per heavy atom. The van der Waals surface area contributed by atoms with Crippen LogP contribution < -0.4 is 33.8 Å². The van der Waals surface area contributed by atoms with Crippen molar-refractivity contribution in [1.82, 2.24) is 4.57 Å². The lowest BCUT2D eigenvalue weighted by molar-refractivity contribution is -0.139. The van der Waals surface area contributed by atoms with Gasteiger partial charge in [0.25, 0.3) is 5.56 Å². The number of aromatic nitrogens is 1. The molecule has 0 amide bonds. The summed E-state index contributed by atoms with van der Waals surface area (Å²) in [6, 6.07) is 13.4. The number of rotatable bonds is 11. The normalized spacial score (nSPS) is 14.4.